The minimum absolute atomic E-state index is 0.0338. The summed E-state index contributed by atoms with van der Waals surface area (Å²) in [4.78, 5) is 26.5. The molecule has 1 heterocycles. The number of carbonyl (C=O) groups is 2. The lowest BCUT2D eigenvalue weighted by atomic mass is 9.98. The summed E-state index contributed by atoms with van der Waals surface area (Å²) in [5.41, 5.74) is 2.69. The van der Waals surface area contributed by atoms with Crippen LogP contribution in [0.4, 0.5) is 0 Å². The molecule has 0 atom stereocenters. The van der Waals surface area contributed by atoms with Crippen LogP contribution in [0.5, 0.6) is 11.5 Å². The van der Waals surface area contributed by atoms with Crippen LogP contribution in [-0.4, -0.2) is 44.0 Å². The first kappa shape index (κ1) is 19.2. The SMILES string of the molecule is COc1cc2c(cc1OC)CN(C(=O)CNC(=O)c1cccc(Br)c1)CC2. The second-order valence-corrected chi connectivity index (χ2v) is 7.15. The van der Waals surface area contributed by atoms with Gasteiger partial charge >= 0.3 is 0 Å². The smallest absolute Gasteiger partial charge is 0.251 e. The average Bonchev–Trinajstić information content (AvgIpc) is 2.70. The van der Waals surface area contributed by atoms with Crippen LogP contribution >= 0.6 is 15.9 Å². The van der Waals surface area contributed by atoms with Crippen LogP contribution in [0.25, 0.3) is 0 Å². The van der Waals surface area contributed by atoms with Gasteiger partial charge in [0.1, 0.15) is 0 Å². The van der Waals surface area contributed by atoms with E-state index in [0.29, 0.717) is 30.2 Å². The zero-order valence-corrected chi connectivity index (χ0v) is 16.8. The van der Waals surface area contributed by atoms with Crippen LogP contribution in [0, 0.1) is 0 Å². The Hall–Kier alpha value is -2.54. The highest BCUT2D eigenvalue weighted by Crippen LogP contribution is 2.33. The molecule has 0 saturated carbocycles. The number of carbonyl (C=O) groups excluding carboxylic acids is 2. The molecule has 0 radical (unpaired) electrons. The van der Waals surface area contributed by atoms with E-state index in [2.05, 4.69) is 21.2 Å². The molecular weight excluding hydrogens is 412 g/mol. The number of methoxy groups -OCH3 is 2. The lowest BCUT2D eigenvalue weighted by molar-refractivity contribution is -0.131. The van der Waals surface area contributed by atoms with E-state index in [1.54, 1.807) is 37.3 Å². The Morgan fingerprint density at radius 2 is 1.81 bits per heavy atom. The van der Waals surface area contributed by atoms with Gasteiger partial charge in [-0.3, -0.25) is 9.59 Å². The predicted molar refractivity (Wildman–Crippen MR) is 105 cm³/mol. The first-order chi connectivity index (χ1) is 13.0. The number of nitrogens with one attached hydrogen (secondary N) is 1. The largest absolute Gasteiger partial charge is 0.493 e. The van der Waals surface area contributed by atoms with E-state index >= 15 is 0 Å². The van der Waals surface area contributed by atoms with E-state index < -0.39 is 0 Å². The van der Waals surface area contributed by atoms with E-state index in [0.717, 1.165) is 22.0 Å². The van der Waals surface area contributed by atoms with Crippen molar-refractivity contribution in [2.45, 2.75) is 13.0 Å². The average molecular weight is 433 g/mol. The molecule has 1 aliphatic heterocycles. The van der Waals surface area contributed by atoms with E-state index in [-0.39, 0.29) is 18.4 Å². The van der Waals surface area contributed by atoms with Crippen LogP contribution in [0.15, 0.2) is 40.9 Å². The Morgan fingerprint density at radius 1 is 1.11 bits per heavy atom. The number of benzene rings is 2. The number of hydrogen-bond acceptors (Lipinski definition) is 4. The Kier molecular flexibility index (Phi) is 6.01. The van der Waals surface area contributed by atoms with Gasteiger partial charge in [0.2, 0.25) is 5.91 Å². The van der Waals surface area contributed by atoms with Gasteiger partial charge in [0.05, 0.1) is 20.8 Å². The van der Waals surface area contributed by atoms with Gasteiger partial charge in [0, 0.05) is 23.1 Å². The summed E-state index contributed by atoms with van der Waals surface area (Å²) in [6.07, 6.45) is 0.737. The van der Waals surface area contributed by atoms with Crippen LogP contribution in [0.3, 0.4) is 0 Å². The zero-order chi connectivity index (χ0) is 19.4. The molecule has 6 nitrogen and oxygen atoms in total. The lowest BCUT2D eigenvalue weighted by Gasteiger charge is -2.29. The number of nitrogens with zero attached hydrogens (tertiary/aromatic N) is 1. The molecule has 3 rings (SSSR count). The highest BCUT2D eigenvalue weighted by atomic mass is 79.9. The van der Waals surface area contributed by atoms with Crippen molar-refractivity contribution in [2.24, 2.45) is 0 Å². The summed E-state index contributed by atoms with van der Waals surface area (Å²) < 4.78 is 11.5. The summed E-state index contributed by atoms with van der Waals surface area (Å²) >= 11 is 3.34. The van der Waals surface area contributed by atoms with Crippen molar-refractivity contribution < 1.29 is 19.1 Å². The van der Waals surface area contributed by atoms with Crippen molar-refractivity contribution in [1.82, 2.24) is 10.2 Å². The van der Waals surface area contributed by atoms with Gasteiger partial charge in [-0.15, -0.1) is 0 Å². The Balaban J connectivity index is 1.63. The number of fused-ring (bicyclic) bond motifs is 1. The van der Waals surface area contributed by atoms with Crippen molar-refractivity contribution >= 4 is 27.7 Å². The van der Waals surface area contributed by atoms with E-state index in [1.807, 2.05) is 18.2 Å². The van der Waals surface area contributed by atoms with Gasteiger partial charge in [-0.25, -0.2) is 0 Å². The Labute approximate surface area is 166 Å². The molecule has 2 aromatic rings. The monoisotopic (exact) mass is 432 g/mol. The maximum Gasteiger partial charge on any atom is 0.251 e. The molecule has 0 aliphatic carbocycles. The minimum Gasteiger partial charge on any atom is -0.493 e. The molecule has 1 N–H and O–H groups in total. The quantitative estimate of drug-likeness (QED) is 0.788. The number of ether oxygens (including phenoxy) is 2. The van der Waals surface area contributed by atoms with Crippen LogP contribution in [0.1, 0.15) is 21.5 Å². The maximum absolute atomic E-state index is 12.5. The lowest BCUT2D eigenvalue weighted by Crippen LogP contribution is -2.42. The fraction of sp³-hybridized carbons (Fsp3) is 0.300. The van der Waals surface area contributed by atoms with E-state index in [4.69, 9.17) is 9.47 Å². The molecule has 1 aliphatic rings. The summed E-state index contributed by atoms with van der Waals surface area (Å²) in [6.45, 7) is 1.06. The van der Waals surface area contributed by atoms with Crippen molar-refractivity contribution in [3.8, 4) is 11.5 Å². The third-order valence-electron chi connectivity index (χ3n) is 4.56. The summed E-state index contributed by atoms with van der Waals surface area (Å²) in [5.74, 6) is 0.957. The van der Waals surface area contributed by atoms with Crippen molar-refractivity contribution in [2.75, 3.05) is 27.3 Å². The summed E-state index contributed by atoms with van der Waals surface area (Å²) in [6, 6.07) is 10.9. The topological polar surface area (TPSA) is 67.9 Å². The Bertz CT molecular complexity index is 869. The van der Waals surface area contributed by atoms with Gasteiger partial charge in [0.25, 0.3) is 5.91 Å². The fourth-order valence-electron chi connectivity index (χ4n) is 3.10. The van der Waals surface area contributed by atoms with Gasteiger partial charge in [0.15, 0.2) is 11.5 Å². The van der Waals surface area contributed by atoms with E-state index in [1.165, 1.54) is 0 Å². The molecule has 0 unspecified atom stereocenters. The number of hydrogen-bond donors (Lipinski definition) is 1. The second-order valence-electron chi connectivity index (χ2n) is 6.23. The number of amides is 2. The number of rotatable bonds is 5. The molecular formula is C20H21BrN2O4. The molecule has 7 heteroatoms. The second kappa shape index (κ2) is 8.43. The maximum atomic E-state index is 12.5. The minimum atomic E-state index is -0.270. The Morgan fingerprint density at radius 3 is 2.48 bits per heavy atom. The van der Waals surface area contributed by atoms with Crippen LogP contribution < -0.4 is 14.8 Å². The predicted octanol–water partition coefficient (Wildman–Crippen LogP) is 2.78. The van der Waals surface area contributed by atoms with Gasteiger partial charge in [-0.05, 0) is 47.9 Å². The molecule has 2 aromatic carbocycles. The molecule has 27 heavy (non-hydrogen) atoms. The molecule has 0 fully saturated rings. The zero-order valence-electron chi connectivity index (χ0n) is 15.3. The summed E-state index contributed by atoms with van der Waals surface area (Å²) in [5, 5.41) is 2.69. The molecule has 142 valence electrons. The first-order valence-corrected chi connectivity index (χ1v) is 9.36. The molecule has 0 bridgehead atoms. The molecule has 2 amide bonds. The highest BCUT2D eigenvalue weighted by Gasteiger charge is 2.23. The standard InChI is InChI=1S/C20H21BrN2O4/c1-26-17-9-13-6-7-23(12-15(13)10-18(17)27-2)19(24)11-22-20(25)14-4-3-5-16(21)8-14/h3-5,8-10H,6-7,11-12H2,1-2H3,(H,22,25). The molecule has 0 aromatic heterocycles. The first-order valence-electron chi connectivity index (χ1n) is 8.57. The van der Waals surface area contributed by atoms with Crippen molar-refractivity contribution in [1.29, 1.82) is 0 Å². The third-order valence-corrected chi connectivity index (χ3v) is 5.05. The molecule has 0 spiro atoms. The fourth-order valence-corrected chi connectivity index (χ4v) is 3.49. The summed E-state index contributed by atoms with van der Waals surface area (Å²) in [7, 11) is 3.20. The normalized spacial score (nSPS) is 12.9. The van der Waals surface area contributed by atoms with Crippen LogP contribution in [0.2, 0.25) is 0 Å². The molecule has 0 saturated heterocycles. The van der Waals surface area contributed by atoms with Gasteiger partial charge in [-0.2, -0.15) is 0 Å². The van der Waals surface area contributed by atoms with Gasteiger partial charge < -0.3 is 19.7 Å². The highest BCUT2D eigenvalue weighted by molar-refractivity contribution is 9.10. The van der Waals surface area contributed by atoms with Crippen molar-refractivity contribution in [3.63, 3.8) is 0 Å². The van der Waals surface area contributed by atoms with E-state index in [9.17, 15) is 9.59 Å². The third kappa shape index (κ3) is 4.42. The van der Waals surface area contributed by atoms with Gasteiger partial charge in [-0.1, -0.05) is 22.0 Å². The number of halogens is 1. The van der Waals surface area contributed by atoms with Crippen LogP contribution in [-0.2, 0) is 17.8 Å². The van der Waals surface area contributed by atoms with Crippen molar-refractivity contribution in [3.05, 3.63) is 57.6 Å².